The molecule has 1 fully saturated rings. The average molecular weight is 273 g/mol. The third-order valence-electron chi connectivity index (χ3n) is 4.22. The van der Waals surface area contributed by atoms with Gasteiger partial charge in [0.1, 0.15) is 0 Å². The molecule has 2 rings (SSSR count). The lowest BCUT2D eigenvalue weighted by molar-refractivity contribution is 0.0756. The number of carbonyl (C=O) groups excluding carboxylic acids is 1. The van der Waals surface area contributed by atoms with Crippen molar-refractivity contribution in [1.82, 2.24) is 4.90 Å². The maximum absolute atomic E-state index is 12.7. The van der Waals surface area contributed by atoms with Crippen LogP contribution in [0.5, 0.6) is 0 Å². The highest BCUT2D eigenvalue weighted by molar-refractivity contribution is 6.00. The summed E-state index contributed by atoms with van der Waals surface area (Å²) in [7, 11) is 0. The Morgan fingerprint density at radius 2 is 1.55 bits per heavy atom. The zero-order valence-corrected chi connectivity index (χ0v) is 12.9. The number of Topliss-reactive ketones (excluding diaryl/α,β-unsaturated/α-hetero) is 1. The van der Waals surface area contributed by atoms with Crippen LogP contribution < -0.4 is 0 Å². The molecule has 0 aromatic heterocycles. The average Bonchev–Trinajstić information content (AvgIpc) is 2.42. The normalized spacial score (nSPS) is 18.3. The topological polar surface area (TPSA) is 20.3 Å². The Morgan fingerprint density at radius 1 is 1.00 bits per heavy atom. The van der Waals surface area contributed by atoms with E-state index in [1.165, 1.54) is 32.1 Å². The van der Waals surface area contributed by atoms with Gasteiger partial charge in [-0.2, -0.15) is 0 Å². The zero-order chi connectivity index (χ0) is 14.4. The van der Waals surface area contributed by atoms with Gasteiger partial charge in [-0.05, 0) is 25.9 Å². The summed E-state index contributed by atoms with van der Waals surface area (Å²) >= 11 is 0. The van der Waals surface area contributed by atoms with E-state index in [2.05, 4.69) is 18.7 Å². The second kappa shape index (κ2) is 7.03. The van der Waals surface area contributed by atoms with E-state index in [9.17, 15) is 4.79 Å². The highest BCUT2D eigenvalue weighted by Crippen LogP contribution is 2.24. The van der Waals surface area contributed by atoms with Gasteiger partial charge in [0.25, 0.3) is 0 Å². The SMILES string of the molecule is CC(C)(CN1CCCCCCC1)C(=O)c1ccccc1. The maximum atomic E-state index is 12.7. The first-order valence-corrected chi connectivity index (χ1v) is 7.92. The number of hydrogen-bond donors (Lipinski definition) is 0. The van der Waals surface area contributed by atoms with Gasteiger partial charge < -0.3 is 4.90 Å². The van der Waals surface area contributed by atoms with Crippen LogP contribution in [0.2, 0.25) is 0 Å². The number of benzene rings is 1. The van der Waals surface area contributed by atoms with Crippen molar-refractivity contribution in [3.63, 3.8) is 0 Å². The Morgan fingerprint density at radius 3 is 2.15 bits per heavy atom. The lowest BCUT2D eigenvalue weighted by Gasteiger charge is -2.32. The minimum absolute atomic E-state index is 0.264. The van der Waals surface area contributed by atoms with E-state index in [4.69, 9.17) is 0 Å². The van der Waals surface area contributed by atoms with Crippen molar-refractivity contribution in [1.29, 1.82) is 0 Å². The highest BCUT2D eigenvalue weighted by atomic mass is 16.1. The van der Waals surface area contributed by atoms with Gasteiger partial charge in [-0.1, -0.05) is 63.4 Å². The number of carbonyl (C=O) groups is 1. The number of hydrogen-bond acceptors (Lipinski definition) is 2. The van der Waals surface area contributed by atoms with Crippen LogP contribution in [0.4, 0.5) is 0 Å². The Bertz CT molecular complexity index is 416. The van der Waals surface area contributed by atoms with E-state index in [0.717, 1.165) is 25.2 Å². The molecule has 1 heterocycles. The van der Waals surface area contributed by atoms with Gasteiger partial charge in [0.15, 0.2) is 5.78 Å². The summed E-state index contributed by atoms with van der Waals surface area (Å²) in [4.78, 5) is 15.2. The van der Waals surface area contributed by atoms with E-state index in [0.29, 0.717) is 0 Å². The summed E-state index contributed by atoms with van der Waals surface area (Å²) in [6.07, 6.45) is 6.60. The van der Waals surface area contributed by atoms with Crippen molar-refractivity contribution in [2.45, 2.75) is 46.0 Å². The Hall–Kier alpha value is -1.15. The molecule has 1 saturated heterocycles. The van der Waals surface area contributed by atoms with E-state index in [1.807, 2.05) is 30.3 Å². The number of likely N-dealkylation sites (tertiary alicyclic amines) is 1. The van der Waals surface area contributed by atoms with Crippen molar-refractivity contribution in [3.05, 3.63) is 35.9 Å². The van der Waals surface area contributed by atoms with Crippen molar-refractivity contribution in [3.8, 4) is 0 Å². The van der Waals surface area contributed by atoms with Crippen molar-refractivity contribution < 1.29 is 4.79 Å². The fourth-order valence-corrected chi connectivity index (χ4v) is 3.08. The molecule has 0 amide bonds. The number of rotatable bonds is 4. The summed E-state index contributed by atoms with van der Waals surface area (Å²) in [6.45, 7) is 7.33. The first-order valence-electron chi connectivity index (χ1n) is 7.92. The lowest BCUT2D eigenvalue weighted by atomic mass is 9.83. The monoisotopic (exact) mass is 273 g/mol. The van der Waals surface area contributed by atoms with Crippen LogP contribution in [0, 0.1) is 5.41 Å². The molecule has 20 heavy (non-hydrogen) atoms. The van der Waals surface area contributed by atoms with Crippen LogP contribution in [0.3, 0.4) is 0 Å². The molecule has 0 saturated carbocycles. The van der Waals surface area contributed by atoms with Crippen LogP contribution in [0.25, 0.3) is 0 Å². The third kappa shape index (κ3) is 4.17. The van der Waals surface area contributed by atoms with E-state index < -0.39 is 0 Å². The van der Waals surface area contributed by atoms with Gasteiger partial charge in [-0.15, -0.1) is 0 Å². The summed E-state index contributed by atoms with van der Waals surface area (Å²) in [5, 5.41) is 0. The Labute approximate surface area is 123 Å². The summed E-state index contributed by atoms with van der Waals surface area (Å²) in [6, 6.07) is 9.70. The molecular formula is C18H27NO. The van der Waals surface area contributed by atoms with Gasteiger partial charge >= 0.3 is 0 Å². The smallest absolute Gasteiger partial charge is 0.169 e. The molecule has 1 aromatic carbocycles. The maximum Gasteiger partial charge on any atom is 0.169 e. The molecule has 2 nitrogen and oxygen atoms in total. The lowest BCUT2D eigenvalue weighted by Crippen LogP contribution is -2.40. The number of ketones is 1. The Kier molecular flexibility index (Phi) is 5.36. The molecule has 0 aliphatic carbocycles. The van der Waals surface area contributed by atoms with Crippen LogP contribution in [-0.4, -0.2) is 30.3 Å². The Balaban J connectivity index is 2.00. The highest BCUT2D eigenvalue weighted by Gasteiger charge is 2.30. The quantitative estimate of drug-likeness (QED) is 0.768. The number of nitrogens with zero attached hydrogens (tertiary/aromatic N) is 1. The fraction of sp³-hybridized carbons (Fsp3) is 0.611. The van der Waals surface area contributed by atoms with Gasteiger partial charge in [-0.25, -0.2) is 0 Å². The molecular weight excluding hydrogens is 246 g/mol. The third-order valence-corrected chi connectivity index (χ3v) is 4.22. The van der Waals surface area contributed by atoms with Gasteiger partial charge in [0, 0.05) is 17.5 Å². The first kappa shape index (κ1) is 15.2. The van der Waals surface area contributed by atoms with E-state index in [-0.39, 0.29) is 11.2 Å². The molecule has 2 heteroatoms. The standard InChI is InChI=1S/C18H27NO/c1-18(2,17(20)16-11-7-6-8-12-16)15-19-13-9-4-3-5-10-14-19/h6-8,11-12H,3-5,9-10,13-15H2,1-2H3. The summed E-state index contributed by atoms with van der Waals surface area (Å²) in [5.74, 6) is 0.264. The van der Waals surface area contributed by atoms with Gasteiger partial charge in [-0.3, -0.25) is 4.79 Å². The summed E-state index contributed by atoms with van der Waals surface area (Å²) in [5.41, 5.74) is 0.533. The minimum Gasteiger partial charge on any atom is -0.302 e. The molecule has 0 radical (unpaired) electrons. The molecule has 1 aliphatic heterocycles. The van der Waals surface area contributed by atoms with E-state index >= 15 is 0 Å². The fourth-order valence-electron chi connectivity index (χ4n) is 3.08. The van der Waals surface area contributed by atoms with Gasteiger partial charge in [0.2, 0.25) is 0 Å². The first-order chi connectivity index (χ1) is 9.59. The molecule has 0 N–H and O–H groups in total. The molecule has 0 bridgehead atoms. The predicted molar refractivity (Wildman–Crippen MR) is 84.1 cm³/mol. The minimum atomic E-state index is -0.305. The molecule has 1 aliphatic rings. The van der Waals surface area contributed by atoms with Crippen LogP contribution in [0.1, 0.15) is 56.3 Å². The van der Waals surface area contributed by atoms with E-state index in [1.54, 1.807) is 0 Å². The molecule has 0 atom stereocenters. The van der Waals surface area contributed by atoms with Crippen LogP contribution in [-0.2, 0) is 0 Å². The summed E-state index contributed by atoms with van der Waals surface area (Å²) < 4.78 is 0. The zero-order valence-electron chi connectivity index (χ0n) is 12.9. The second-order valence-corrected chi connectivity index (χ2v) is 6.62. The van der Waals surface area contributed by atoms with Crippen molar-refractivity contribution >= 4 is 5.78 Å². The van der Waals surface area contributed by atoms with Crippen LogP contribution in [0.15, 0.2) is 30.3 Å². The molecule has 110 valence electrons. The van der Waals surface area contributed by atoms with Crippen LogP contribution >= 0.6 is 0 Å². The van der Waals surface area contributed by atoms with Crippen molar-refractivity contribution in [2.75, 3.05) is 19.6 Å². The van der Waals surface area contributed by atoms with Gasteiger partial charge in [0.05, 0.1) is 0 Å². The second-order valence-electron chi connectivity index (χ2n) is 6.62. The molecule has 0 unspecified atom stereocenters. The molecule has 0 spiro atoms. The largest absolute Gasteiger partial charge is 0.302 e. The van der Waals surface area contributed by atoms with Crippen molar-refractivity contribution in [2.24, 2.45) is 5.41 Å². The predicted octanol–water partition coefficient (Wildman–Crippen LogP) is 4.16. The molecule has 1 aromatic rings.